The lowest BCUT2D eigenvalue weighted by Crippen LogP contribution is -2.18. The second-order valence-electron chi connectivity index (χ2n) is 7.30. The number of aromatic nitrogens is 1. The third-order valence-corrected chi connectivity index (χ3v) is 7.99. The van der Waals surface area contributed by atoms with Crippen LogP contribution in [0.2, 0.25) is 0 Å². The number of nitrogens with zero attached hydrogens (tertiary/aromatic N) is 2. The number of aryl methyl sites for hydroxylation is 1. The number of hydrogen-bond donors (Lipinski definition) is 1. The number of carbonyl (C=O) groups excluding carboxylic acids is 4. The number of nitrogens with one attached hydrogen (secondary N) is 1. The Morgan fingerprint density at radius 1 is 1.08 bits per heavy atom. The summed E-state index contributed by atoms with van der Waals surface area (Å²) >= 11 is 3.17. The van der Waals surface area contributed by atoms with E-state index in [2.05, 4.69) is 10.3 Å². The molecule has 9 nitrogen and oxygen atoms in total. The Bertz CT molecular complexity index is 1390. The van der Waals surface area contributed by atoms with Gasteiger partial charge in [-0.05, 0) is 44.5 Å². The highest BCUT2D eigenvalue weighted by molar-refractivity contribution is 8.00. The van der Waals surface area contributed by atoms with Crippen LogP contribution in [-0.2, 0) is 26.1 Å². The van der Waals surface area contributed by atoms with Gasteiger partial charge in [-0.2, -0.15) is 4.99 Å². The molecule has 0 radical (unpaired) electrons. The Balaban J connectivity index is 1.66. The van der Waals surface area contributed by atoms with Crippen LogP contribution in [0, 0.1) is 12.7 Å². The van der Waals surface area contributed by atoms with Gasteiger partial charge in [0, 0.05) is 7.05 Å². The summed E-state index contributed by atoms with van der Waals surface area (Å²) in [6.07, 6.45) is 0. The van der Waals surface area contributed by atoms with Gasteiger partial charge in [0.1, 0.15) is 15.7 Å². The number of thioether (sulfide) groups is 1. The highest BCUT2D eigenvalue weighted by atomic mass is 32.2. The number of esters is 2. The molecule has 0 atom stereocenters. The first kappa shape index (κ1) is 27.6. The van der Waals surface area contributed by atoms with Crippen LogP contribution in [0.1, 0.15) is 39.4 Å². The van der Waals surface area contributed by atoms with Crippen LogP contribution in [0.15, 0.2) is 23.2 Å². The van der Waals surface area contributed by atoms with E-state index in [1.54, 1.807) is 38.5 Å². The molecule has 1 aromatic carbocycles. The number of amides is 2. The Kier molecular flexibility index (Phi) is 9.40. The summed E-state index contributed by atoms with van der Waals surface area (Å²) in [6, 6.07) is 4.34. The number of carbonyl (C=O) groups is 4. The lowest BCUT2D eigenvalue weighted by Gasteiger charge is -2.06. The molecule has 0 aliphatic carbocycles. The SMILES string of the molecule is CCOC(=O)c1sc(NC(=O)CSCC(=O)N=c2sc3cc(F)ccc3n2C)c(C(=O)OCC)c1C. The molecule has 192 valence electrons. The van der Waals surface area contributed by atoms with Gasteiger partial charge in [-0.25, -0.2) is 14.0 Å². The minimum Gasteiger partial charge on any atom is -0.462 e. The van der Waals surface area contributed by atoms with Crippen molar-refractivity contribution in [3.05, 3.63) is 44.8 Å². The minimum atomic E-state index is -0.658. The third-order valence-electron chi connectivity index (χ3n) is 4.79. The summed E-state index contributed by atoms with van der Waals surface area (Å²) in [4.78, 5) is 54.3. The predicted molar refractivity (Wildman–Crippen MR) is 138 cm³/mol. The van der Waals surface area contributed by atoms with E-state index in [4.69, 9.17) is 9.47 Å². The lowest BCUT2D eigenvalue weighted by atomic mass is 10.1. The zero-order chi connectivity index (χ0) is 26.4. The Morgan fingerprint density at radius 3 is 2.47 bits per heavy atom. The molecule has 36 heavy (non-hydrogen) atoms. The van der Waals surface area contributed by atoms with E-state index < -0.39 is 23.8 Å². The molecular weight excluding hydrogens is 529 g/mol. The van der Waals surface area contributed by atoms with Crippen molar-refractivity contribution in [1.29, 1.82) is 0 Å². The first-order chi connectivity index (χ1) is 17.2. The summed E-state index contributed by atoms with van der Waals surface area (Å²) in [7, 11) is 1.73. The lowest BCUT2D eigenvalue weighted by molar-refractivity contribution is -0.115. The molecule has 3 aromatic rings. The maximum Gasteiger partial charge on any atom is 0.348 e. The van der Waals surface area contributed by atoms with E-state index in [1.165, 1.54) is 23.5 Å². The highest BCUT2D eigenvalue weighted by Gasteiger charge is 2.27. The monoisotopic (exact) mass is 553 g/mol. The average molecular weight is 554 g/mol. The second kappa shape index (κ2) is 12.3. The van der Waals surface area contributed by atoms with Crippen molar-refractivity contribution in [2.45, 2.75) is 20.8 Å². The number of benzene rings is 1. The summed E-state index contributed by atoms with van der Waals surface area (Å²) in [5.74, 6) is -2.67. The normalized spacial score (nSPS) is 11.5. The maximum absolute atomic E-state index is 13.5. The molecule has 2 amide bonds. The van der Waals surface area contributed by atoms with Crippen LogP contribution >= 0.6 is 34.4 Å². The fourth-order valence-corrected chi connectivity index (χ4v) is 5.95. The van der Waals surface area contributed by atoms with Crippen molar-refractivity contribution in [2.24, 2.45) is 12.0 Å². The van der Waals surface area contributed by atoms with E-state index in [-0.39, 0.29) is 46.0 Å². The number of hydrogen-bond acceptors (Lipinski definition) is 9. The molecular formula is C23H24FN3O6S3. The second-order valence-corrected chi connectivity index (χ2v) is 10.3. The van der Waals surface area contributed by atoms with Gasteiger partial charge in [-0.15, -0.1) is 23.1 Å². The summed E-state index contributed by atoms with van der Waals surface area (Å²) < 4.78 is 25.9. The molecule has 0 saturated heterocycles. The van der Waals surface area contributed by atoms with Crippen molar-refractivity contribution >= 4 is 73.4 Å². The van der Waals surface area contributed by atoms with E-state index in [9.17, 15) is 23.6 Å². The van der Waals surface area contributed by atoms with Gasteiger partial charge >= 0.3 is 11.9 Å². The van der Waals surface area contributed by atoms with Crippen LogP contribution in [0.3, 0.4) is 0 Å². The van der Waals surface area contributed by atoms with Gasteiger partial charge in [0.2, 0.25) is 5.91 Å². The summed E-state index contributed by atoms with van der Waals surface area (Å²) in [6.45, 7) is 5.20. The highest BCUT2D eigenvalue weighted by Crippen LogP contribution is 2.34. The Labute approximate surface area is 218 Å². The molecule has 0 saturated carbocycles. The van der Waals surface area contributed by atoms with Gasteiger partial charge < -0.3 is 19.4 Å². The number of ether oxygens (including phenoxy) is 2. The van der Waals surface area contributed by atoms with Crippen LogP contribution in [0.4, 0.5) is 9.39 Å². The van der Waals surface area contributed by atoms with Gasteiger partial charge in [-0.3, -0.25) is 9.59 Å². The van der Waals surface area contributed by atoms with E-state index >= 15 is 0 Å². The quantitative estimate of drug-likeness (QED) is 0.400. The smallest absolute Gasteiger partial charge is 0.348 e. The standard InChI is InChI=1S/C23H24FN3O6S3/c1-5-32-21(30)18-12(3)19(22(31)33-6-2)36-20(18)25-16(28)10-34-11-17(29)26-23-27(4)14-8-7-13(24)9-15(14)35-23/h7-9H,5-6,10-11H2,1-4H3,(H,25,28). The molecule has 0 aliphatic heterocycles. The molecule has 0 unspecified atom stereocenters. The number of anilines is 1. The molecule has 0 fully saturated rings. The first-order valence-corrected chi connectivity index (χ1v) is 13.6. The molecule has 13 heteroatoms. The Morgan fingerprint density at radius 2 is 1.78 bits per heavy atom. The molecule has 2 aromatic heterocycles. The van der Waals surface area contributed by atoms with E-state index in [0.29, 0.717) is 15.1 Å². The number of fused-ring (bicyclic) bond motifs is 1. The zero-order valence-corrected chi connectivity index (χ0v) is 22.5. The van der Waals surface area contributed by atoms with Crippen LogP contribution in [-0.4, -0.2) is 53.0 Å². The maximum atomic E-state index is 13.5. The van der Waals surface area contributed by atoms with Crippen LogP contribution < -0.4 is 10.1 Å². The van der Waals surface area contributed by atoms with E-state index in [0.717, 1.165) is 28.6 Å². The minimum absolute atomic E-state index is 0.0572. The van der Waals surface area contributed by atoms with Gasteiger partial charge in [0.15, 0.2) is 4.80 Å². The van der Waals surface area contributed by atoms with Gasteiger partial charge in [0.05, 0.1) is 40.5 Å². The first-order valence-electron chi connectivity index (χ1n) is 10.8. The molecule has 2 heterocycles. The van der Waals surface area contributed by atoms with Crippen LogP contribution in [0.25, 0.3) is 10.2 Å². The number of halogens is 1. The van der Waals surface area contributed by atoms with Crippen molar-refractivity contribution in [2.75, 3.05) is 30.0 Å². The Hall–Kier alpha value is -3.03. The molecule has 1 N–H and O–H groups in total. The fraction of sp³-hybridized carbons (Fsp3) is 0.348. The summed E-state index contributed by atoms with van der Waals surface area (Å²) in [5.41, 5.74) is 1.22. The van der Waals surface area contributed by atoms with Gasteiger partial charge in [0.25, 0.3) is 5.91 Å². The fourth-order valence-electron chi connectivity index (χ4n) is 3.19. The summed E-state index contributed by atoms with van der Waals surface area (Å²) in [5, 5.41) is 2.81. The topological polar surface area (TPSA) is 116 Å². The average Bonchev–Trinajstić information content (AvgIpc) is 3.29. The largest absolute Gasteiger partial charge is 0.462 e. The molecule has 0 spiro atoms. The molecule has 3 rings (SSSR count). The van der Waals surface area contributed by atoms with Crippen molar-refractivity contribution in [3.63, 3.8) is 0 Å². The third kappa shape index (κ3) is 6.39. The molecule has 0 aliphatic rings. The predicted octanol–water partition coefficient (Wildman–Crippen LogP) is 3.90. The van der Waals surface area contributed by atoms with Gasteiger partial charge in [-0.1, -0.05) is 11.3 Å². The zero-order valence-electron chi connectivity index (χ0n) is 20.0. The number of thiazole rings is 1. The van der Waals surface area contributed by atoms with E-state index in [1.807, 2.05) is 0 Å². The van der Waals surface area contributed by atoms with Crippen molar-refractivity contribution in [1.82, 2.24) is 4.57 Å². The molecule has 0 bridgehead atoms. The number of rotatable bonds is 9. The van der Waals surface area contributed by atoms with Crippen molar-refractivity contribution < 1.29 is 33.0 Å². The van der Waals surface area contributed by atoms with Crippen molar-refractivity contribution in [3.8, 4) is 0 Å². The number of thiophene rings is 1. The van der Waals surface area contributed by atoms with Crippen LogP contribution in [0.5, 0.6) is 0 Å².